The monoisotopic (exact) mass is 455 g/mol. The first kappa shape index (κ1) is 22.2. The van der Waals surface area contributed by atoms with Crippen molar-refractivity contribution in [2.75, 3.05) is 31.1 Å². The van der Waals surface area contributed by atoms with E-state index in [0.29, 0.717) is 11.6 Å². The van der Waals surface area contributed by atoms with Crippen molar-refractivity contribution in [1.29, 1.82) is 0 Å². The number of ketones is 1. The Balaban J connectivity index is 1.32. The molecule has 1 fully saturated rings. The fourth-order valence-electron chi connectivity index (χ4n) is 4.40. The Morgan fingerprint density at radius 1 is 0.971 bits per heavy atom. The first-order chi connectivity index (χ1) is 16.5. The van der Waals surface area contributed by atoms with E-state index in [1.807, 2.05) is 37.8 Å². The number of Topliss-reactive ketones (excluding diaryl/α,β-unsaturated/α-hetero) is 1. The number of pyridine rings is 3. The first-order valence-corrected chi connectivity index (χ1v) is 11.7. The second-order valence-electron chi connectivity index (χ2n) is 9.11. The maximum Gasteiger partial charge on any atom is 0.169 e. The molecule has 8 heteroatoms. The van der Waals surface area contributed by atoms with E-state index in [4.69, 9.17) is 0 Å². The zero-order chi connectivity index (χ0) is 23.7. The van der Waals surface area contributed by atoms with Gasteiger partial charge in [0, 0.05) is 85.6 Å². The first-order valence-electron chi connectivity index (χ1n) is 11.7. The molecule has 0 atom stereocenters. The molecule has 0 unspecified atom stereocenters. The molecule has 1 aliphatic rings. The predicted octanol–water partition coefficient (Wildman–Crippen LogP) is 3.38. The summed E-state index contributed by atoms with van der Waals surface area (Å²) in [6.45, 7) is 8.30. The van der Waals surface area contributed by atoms with Crippen LogP contribution in [0.1, 0.15) is 29.9 Å². The topological polar surface area (TPSA) is 80.0 Å². The second kappa shape index (κ2) is 9.30. The minimum Gasteiger partial charge on any atom is -0.354 e. The van der Waals surface area contributed by atoms with E-state index in [2.05, 4.69) is 49.8 Å². The number of aryl methyl sites for hydroxylation is 1. The minimum absolute atomic E-state index is 0.0349. The number of hydrogen-bond donors (Lipinski definition) is 0. The number of nitrogens with zero attached hydrogens (tertiary/aromatic N) is 7. The summed E-state index contributed by atoms with van der Waals surface area (Å²) in [5.74, 6) is 0.902. The molecular formula is C26H29N7O. The Hall–Kier alpha value is -3.65. The molecule has 0 aromatic carbocycles. The van der Waals surface area contributed by atoms with Gasteiger partial charge < -0.3 is 4.90 Å². The molecular weight excluding hydrogens is 426 g/mol. The quantitative estimate of drug-likeness (QED) is 0.412. The van der Waals surface area contributed by atoms with Gasteiger partial charge in [-0.1, -0.05) is 0 Å². The Kier molecular flexibility index (Phi) is 6.06. The molecule has 0 N–H and O–H groups in total. The zero-order valence-electron chi connectivity index (χ0n) is 19.8. The highest BCUT2D eigenvalue weighted by molar-refractivity contribution is 5.98. The molecule has 5 heterocycles. The SMILES string of the molecule is CC(C)N1CCN(c2cc(C(=O)Cc3cc4cc(-c5cnn(C)c5)cnc4cn3)ccn2)CC1. The molecule has 4 aromatic rings. The van der Waals surface area contributed by atoms with Crippen molar-refractivity contribution < 1.29 is 4.79 Å². The number of rotatable bonds is 6. The fourth-order valence-corrected chi connectivity index (χ4v) is 4.40. The van der Waals surface area contributed by atoms with Crippen molar-refractivity contribution in [3.63, 3.8) is 0 Å². The lowest BCUT2D eigenvalue weighted by molar-refractivity contribution is 0.0992. The summed E-state index contributed by atoms with van der Waals surface area (Å²) in [7, 11) is 1.89. The number of anilines is 1. The molecule has 0 radical (unpaired) electrons. The summed E-state index contributed by atoms with van der Waals surface area (Å²) in [6, 6.07) is 8.27. The number of piperazine rings is 1. The molecule has 5 rings (SSSR count). The van der Waals surface area contributed by atoms with Crippen molar-refractivity contribution in [1.82, 2.24) is 29.6 Å². The smallest absolute Gasteiger partial charge is 0.169 e. The van der Waals surface area contributed by atoms with Crippen LogP contribution in [0.25, 0.3) is 22.0 Å². The van der Waals surface area contributed by atoms with Gasteiger partial charge in [0.2, 0.25) is 0 Å². The van der Waals surface area contributed by atoms with Crippen LogP contribution in [0.3, 0.4) is 0 Å². The van der Waals surface area contributed by atoms with Gasteiger partial charge in [0.15, 0.2) is 5.78 Å². The maximum absolute atomic E-state index is 13.1. The van der Waals surface area contributed by atoms with E-state index in [1.165, 1.54) is 0 Å². The van der Waals surface area contributed by atoms with Gasteiger partial charge in [-0.3, -0.25) is 24.3 Å². The summed E-state index contributed by atoms with van der Waals surface area (Å²) in [4.78, 5) is 31.4. The van der Waals surface area contributed by atoms with Gasteiger partial charge in [-0.15, -0.1) is 0 Å². The Bertz CT molecular complexity index is 1320. The van der Waals surface area contributed by atoms with Gasteiger partial charge in [0.1, 0.15) is 5.82 Å². The van der Waals surface area contributed by atoms with Crippen LogP contribution < -0.4 is 4.90 Å². The normalized spacial score (nSPS) is 14.8. The molecule has 0 bridgehead atoms. The molecule has 0 spiro atoms. The van der Waals surface area contributed by atoms with Gasteiger partial charge in [-0.05, 0) is 38.1 Å². The molecule has 4 aromatic heterocycles. The average Bonchev–Trinajstić information content (AvgIpc) is 3.30. The third kappa shape index (κ3) is 4.68. The Labute approximate surface area is 199 Å². The number of carbonyl (C=O) groups is 1. The number of fused-ring (bicyclic) bond motifs is 1. The highest BCUT2D eigenvalue weighted by atomic mass is 16.1. The molecule has 1 saturated heterocycles. The highest BCUT2D eigenvalue weighted by Gasteiger charge is 2.20. The van der Waals surface area contributed by atoms with Gasteiger partial charge in [0.05, 0.1) is 24.3 Å². The standard InChI is InChI=1S/C26H29N7O/c1-18(2)32-6-8-33(9-7-32)26-12-19(4-5-27-26)25(34)13-23-11-20-10-21(14-29-24(20)16-28-23)22-15-30-31(3)17-22/h4-5,10-12,14-18H,6-9,13H2,1-3H3. The van der Waals surface area contributed by atoms with Crippen LogP contribution in [-0.4, -0.2) is 67.6 Å². The third-order valence-electron chi connectivity index (χ3n) is 6.44. The average molecular weight is 456 g/mol. The van der Waals surface area contributed by atoms with Crippen LogP contribution in [0.5, 0.6) is 0 Å². The van der Waals surface area contributed by atoms with Crippen molar-refractivity contribution in [3.8, 4) is 11.1 Å². The van der Waals surface area contributed by atoms with Crippen LogP contribution in [0.4, 0.5) is 5.82 Å². The van der Waals surface area contributed by atoms with Crippen LogP contribution in [0.2, 0.25) is 0 Å². The van der Waals surface area contributed by atoms with E-state index in [0.717, 1.165) is 59.7 Å². The maximum atomic E-state index is 13.1. The molecule has 8 nitrogen and oxygen atoms in total. The molecule has 174 valence electrons. The van der Waals surface area contributed by atoms with Crippen LogP contribution in [-0.2, 0) is 13.5 Å². The lowest BCUT2D eigenvalue weighted by atomic mass is 10.0. The summed E-state index contributed by atoms with van der Waals surface area (Å²) >= 11 is 0. The van der Waals surface area contributed by atoms with Crippen LogP contribution in [0, 0.1) is 0 Å². The van der Waals surface area contributed by atoms with Gasteiger partial charge in [-0.2, -0.15) is 5.10 Å². The summed E-state index contributed by atoms with van der Waals surface area (Å²) < 4.78 is 1.77. The predicted molar refractivity (Wildman–Crippen MR) is 133 cm³/mol. The molecule has 0 saturated carbocycles. The summed E-state index contributed by atoms with van der Waals surface area (Å²) in [5, 5.41) is 5.19. The minimum atomic E-state index is 0.0349. The van der Waals surface area contributed by atoms with Crippen molar-refractivity contribution in [3.05, 3.63) is 66.5 Å². The van der Waals surface area contributed by atoms with Gasteiger partial charge in [-0.25, -0.2) is 4.98 Å². The van der Waals surface area contributed by atoms with Crippen molar-refractivity contribution >= 4 is 22.5 Å². The van der Waals surface area contributed by atoms with E-state index >= 15 is 0 Å². The number of aromatic nitrogens is 5. The van der Waals surface area contributed by atoms with Crippen LogP contribution in [0.15, 0.2) is 55.2 Å². The van der Waals surface area contributed by atoms with E-state index in [1.54, 1.807) is 23.1 Å². The zero-order valence-corrected chi connectivity index (χ0v) is 19.8. The highest BCUT2D eigenvalue weighted by Crippen LogP contribution is 2.23. The summed E-state index contributed by atoms with van der Waals surface area (Å²) in [6.07, 6.45) is 9.30. The summed E-state index contributed by atoms with van der Waals surface area (Å²) in [5.41, 5.74) is 4.19. The molecule has 34 heavy (non-hydrogen) atoms. The fraction of sp³-hybridized carbons (Fsp3) is 0.346. The van der Waals surface area contributed by atoms with E-state index in [9.17, 15) is 4.79 Å². The van der Waals surface area contributed by atoms with E-state index in [-0.39, 0.29) is 12.2 Å². The Morgan fingerprint density at radius 3 is 2.53 bits per heavy atom. The molecule has 0 amide bonds. The van der Waals surface area contributed by atoms with E-state index < -0.39 is 0 Å². The lowest BCUT2D eigenvalue weighted by Gasteiger charge is -2.37. The largest absolute Gasteiger partial charge is 0.354 e. The molecule has 1 aliphatic heterocycles. The van der Waals surface area contributed by atoms with Crippen molar-refractivity contribution in [2.24, 2.45) is 7.05 Å². The molecule has 0 aliphatic carbocycles. The Morgan fingerprint density at radius 2 is 1.79 bits per heavy atom. The second-order valence-corrected chi connectivity index (χ2v) is 9.11. The third-order valence-corrected chi connectivity index (χ3v) is 6.44. The van der Waals surface area contributed by atoms with Crippen LogP contribution >= 0.6 is 0 Å². The number of carbonyl (C=O) groups excluding carboxylic acids is 1. The number of hydrogen-bond acceptors (Lipinski definition) is 7. The lowest BCUT2D eigenvalue weighted by Crippen LogP contribution is -2.49. The van der Waals surface area contributed by atoms with Crippen molar-refractivity contribution in [2.45, 2.75) is 26.3 Å². The van der Waals surface area contributed by atoms with Gasteiger partial charge in [0.25, 0.3) is 0 Å². The van der Waals surface area contributed by atoms with Gasteiger partial charge >= 0.3 is 0 Å².